The number of aliphatic carboxylic acids is 1. The summed E-state index contributed by atoms with van der Waals surface area (Å²) in [6, 6.07) is 0. The molecule has 0 heterocycles. The molecule has 2 unspecified atom stereocenters. The zero-order valence-corrected chi connectivity index (χ0v) is 10.0. The summed E-state index contributed by atoms with van der Waals surface area (Å²) >= 11 is 0. The molecule has 0 aliphatic heterocycles. The first-order chi connectivity index (χ1) is 7.48. The van der Waals surface area contributed by atoms with Crippen molar-refractivity contribution in [3.05, 3.63) is 0 Å². The molecule has 2 nitrogen and oxygen atoms in total. The van der Waals surface area contributed by atoms with E-state index in [1.165, 1.54) is 13.8 Å². The molecule has 2 saturated carbocycles. The number of carbonyl (C=O) groups is 1. The maximum Gasteiger partial charge on any atom is 0.309 e. The molecule has 2 fully saturated rings. The smallest absolute Gasteiger partial charge is 0.309 e. The number of fused-ring (bicyclic) bond motifs is 2. The molecule has 1 N–H and O–H groups in total. The second kappa shape index (κ2) is 3.18. The van der Waals surface area contributed by atoms with Gasteiger partial charge >= 0.3 is 5.97 Å². The fraction of sp³-hybridized carbons (Fsp3) is 0.917. The van der Waals surface area contributed by atoms with E-state index >= 15 is 0 Å². The van der Waals surface area contributed by atoms with Gasteiger partial charge in [-0.25, -0.2) is 13.2 Å². The van der Waals surface area contributed by atoms with Gasteiger partial charge in [0, 0.05) is 12.8 Å². The van der Waals surface area contributed by atoms with Crippen molar-refractivity contribution in [2.45, 2.75) is 63.0 Å². The van der Waals surface area contributed by atoms with Crippen LogP contribution in [-0.4, -0.2) is 28.1 Å². The van der Waals surface area contributed by atoms with Gasteiger partial charge in [0.05, 0.1) is 5.41 Å². The fourth-order valence-electron chi connectivity index (χ4n) is 4.07. The van der Waals surface area contributed by atoms with Crippen molar-refractivity contribution >= 4 is 5.97 Å². The molecule has 5 heteroatoms. The van der Waals surface area contributed by atoms with E-state index in [0.717, 1.165) is 0 Å². The molecule has 98 valence electrons. The predicted molar refractivity (Wildman–Crippen MR) is 56.0 cm³/mol. The largest absolute Gasteiger partial charge is 0.481 e. The van der Waals surface area contributed by atoms with Gasteiger partial charge in [0.15, 0.2) is 0 Å². The van der Waals surface area contributed by atoms with E-state index in [1.54, 1.807) is 0 Å². The third kappa shape index (κ3) is 2.16. The van der Waals surface area contributed by atoms with Crippen LogP contribution in [0, 0.1) is 5.41 Å². The number of hydrogen-bond acceptors (Lipinski definition) is 1. The zero-order chi connectivity index (χ0) is 13.1. The van der Waals surface area contributed by atoms with Crippen LogP contribution in [0.4, 0.5) is 13.2 Å². The summed E-state index contributed by atoms with van der Waals surface area (Å²) in [5, 5.41) is 9.22. The molecule has 0 amide bonds. The Morgan fingerprint density at radius 1 is 0.941 bits per heavy atom. The Labute approximate surface area is 98.2 Å². The summed E-state index contributed by atoms with van der Waals surface area (Å²) < 4.78 is 42.6. The second-order valence-electron chi connectivity index (χ2n) is 6.45. The lowest BCUT2D eigenvalue weighted by Crippen LogP contribution is -2.59. The molecular formula is C12H17F3O2. The normalized spacial score (nSPS) is 54.4. The monoisotopic (exact) mass is 250 g/mol. The number of alkyl halides is 3. The maximum atomic E-state index is 14.5. The maximum absolute atomic E-state index is 14.5. The van der Waals surface area contributed by atoms with Gasteiger partial charge < -0.3 is 5.11 Å². The summed E-state index contributed by atoms with van der Waals surface area (Å²) in [5.74, 6) is -1.29. The molecular weight excluding hydrogens is 233 g/mol. The van der Waals surface area contributed by atoms with Gasteiger partial charge in [-0.2, -0.15) is 0 Å². The van der Waals surface area contributed by atoms with Crippen LogP contribution in [-0.2, 0) is 4.79 Å². The number of carboxylic acid groups (broad SMARTS) is 1. The third-order valence-corrected chi connectivity index (χ3v) is 3.89. The van der Waals surface area contributed by atoms with Crippen LogP contribution >= 0.6 is 0 Å². The minimum absolute atomic E-state index is 0.269. The Hall–Kier alpha value is -0.740. The van der Waals surface area contributed by atoms with Crippen molar-refractivity contribution in [2.75, 3.05) is 0 Å². The van der Waals surface area contributed by atoms with Crippen molar-refractivity contribution < 1.29 is 23.1 Å². The van der Waals surface area contributed by atoms with E-state index in [1.807, 2.05) is 0 Å². The lowest BCUT2D eigenvalue weighted by Gasteiger charge is -2.53. The molecule has 2 atom stereocenters. The van der Waals surface area contributed by atoms with Gasteiger partial charge in [0.1, 0.15) is 17.0 Å². The first kappa shape index (κ1) is 12.7. The van der Waals surface area contributed by atoms with Gasteiger partial charge in [-0.1, -0.05) is 0 Å². The van der Waals surface area contributed by atoms with Crippen molar-refractivity contribution in [1.29, 1.82) is 0 Å². The highest BCUT2D eigenvalue weighted by molar-refractivity contribution is 5.75. The molecule has 2 aliphatic rings. The number of carboxylic acids is 1. The van der Waals surface area contributed by atoms with Gasteiger partial charge in [0.2, 0.25) is 0 Å². The minimum Gasteiger partial charge on any atom is -0.481 e. The van der Waals surface area contributed by atoms with Crippen LogP contribution in [0.3, 0.4) is 0 Å². The molecule has 2 bridgehead atoms. The van der Waals surface area contributed by atoms with Crippen molar-refractivity contribution in [1.82, 2.24) is 0 Å². The lowest BCUT2D eigenvalue weighted by molar-refractivity contribution is -0.183. The minimum atomic E-state index is -2.04. The van der Waals surface area contributed by atoms with Crippen LogP contribution in [0.5, 0.6) is 0 Å². The Morgan fingerprint density at radius 2 is 1.35 bits per heavy atom. The number of hydrogen-bond donors (Lipinski definition) is 1. The summed E-state index contributed by atoms with van der Waals surface area (Å²) in [5.41, 5.74) is -7.38. The van der Waals surface area contributed by atoms with Crippen LogP contribution in [0.15, 0.2) is 0 Å². The van der Waals surface area contributed by atoms with Gasteiger partial charge in [-0.3, -0.25) is 4.79 Å². The van der Waals surface area contributed by atoms with Crippen LogP contribution in [0.1, 0.15) is 46.0 Å². The standard InChI is InChI=1S/C12H17F3O2/c1-9(13)3-11(8(16)17)4-10(2,14)6-12(15,5-9)7-11/h3-7H2,1-2H3,(H,16,17). The Kier molecular flexibility index (Phi) is 2.37. The van der Waals surface area contributed by atoms with E-state index in [2.05, 4.69) is 0 Å². The quantitative estimate of drug-likeness (QED) is 0.776. The molecule has 0 saturated heterocycles. The van der Waals surface area contributed by atoms with E-state index in [-0.39, 0.29) is 19.3 Å². The molecule has 2 rings (SSSR count). The molecule has 0 aromatic rings. The summed E-state index contributed by atoms with van der Waals surface area (Å²) in [6.45, 7) is 2.41. The van der Waals surface area contributed by atoms with Crippen molar-refractivity contribution in [3.63, 3.8) is 0 Å². The Balaban J connectivity index is 2.45. The van der Waals surface area contributed by atoms with E-state index in [9.17, 15) is 23.1 Å². The van der Waals surface area contributed by atoms with Crippen LogP contribution in [0.2, 0.25) is 0 Å². The number of halogens is 3. The highest BCUT2D eigenvalue weighted by atomic mass is 19.2. The second-order valence-corrected chi connectivity index (χ2v) is 6.45. The molecule has 17 heavy (non-hydrogen) atoms. The van der Waals surface area contributed by atoms with Crippen molar-refractivity contribution in [2.24, 2.45) is 5.41 Å². The average Bonchev–Trinajstić information content (AvgIpc) is 1.92. The topological polar surface area (TPSA) is 37.3 Å². The highest BCUT2D eigenvalue weighted by Crippen LogP contribution is 2.60. The number of rotatable bonds is 1. The van der Waals surface area contributed by atoms with E-state index in [0.29, 0.717) is 0 Å². The van der Waals surface area contributed by atoms with Gasteiger partial charge in [-0.05, 0) is 33.1 Å². The SMILES string of the molecule is CC1(F)CC2(F)CC(C)(F)CC(C(=O)O)(C1)C2. The lowest BCUT2D eigenvalue weighted by atomic mass is 9.54. The highest BCUT2D eigenvalue weighted by Gasteiger charge is 2.64. The van der Waals surface area contributed by atoms with Crippen LogP contribution < -0.4 is 0 Å². The third-order valence-electron chi connectivity index (χ3n) is 3.89. The molecule has 0 aromatic heterocycles. The summed E-state index contributed by atoms with van der Waals surface area (Å²) in [6.07, 6.45) is -1.70. The zero-order valence-electron chi connectivity index (χ0n) is 10.0. The molecule has 0 aromatic carbocycles. The fourth-order valence-corrected chi connectivity index (χ4v) is 4.07. The molecule has 0 radical (unpaired) electrons. The molecule has 2 aliphatic carbocycles. The van der Waals surface area contributed by atoms with Crippen molar-refractivity contribution in [3.8, 4) is 0 Å². The summed E-state index contributed by atoms with van der Waals surface area (Å²) in [7, 11) is 0. The Morgan fingerprint density at radius 3 is 1.71 bits per heavy atom. The Bertz CT molecular complexity index is 337. The first-order valence-corrected chi connectivity index (χ1v) is 5.78. The predicted octanol–water partition coefficient (Wildman–Crippen LogP) is 3.20. The average molecular weight is 250 g/mol. The van der Waals surface area contributed by atoms with Gasteiger partial charge in [-0.15, -0.1) is 0 Å². The van der Waals surface area contributed by atoms with Gasteiger partial charge in [0.25, 0.3) is 0 Å². The van der Waals surface area contributed by atoms with E-state index in [4.69, 9.17) is 0 Å². The molecule has 0 spiro atoms. The first-order valence-electron chi connectivity index (χ1n) is 5.78. The summed E-state index contributed by atoms with van der Waals surface area (Å²) in [4.78, 5) is 11.3. The van der Waals surface area contributed by atoms with Crippen LogP contribution in [0.25, 0.3) is 0 Å². The van der Waals surface area contributed by atoms with E-state index < -0.39 is 41.2 Å².